The molecular formula is C19H22ClN5O3. The topological polar surface area (TPSA) is 120 Å². The van der Waals surface area contributed by atoms with Crippen LogP contribution in [0.5, 0.6) is 0 Å². The Labute approximate surface area is 167 Å². The fourth-order valence-corrected chi connectivity index (χ4v) is 3.01. The van der Waals surface area contributed by atoms with Gasteiger partial charge in [-0.05, 0) is 44.0 Å². The molecule has 8 nitrogen and oxygen atoms in total. The number of hydrogen-bond acceptors (Lipinski definition) is 7. The van der Waals surface area contributed by atoms with E-state index in [1.807, 2.05) is 13.8 Å². The second-order valence-electron chi connectivity index (χ2n) is 7.24. The maximum absolute atomic E-state index is 12.5. The van der Waals surface area contributed by atoms with Gasteiger partial charge in [-0.1, -0.05) is 28.9 Å². The summed E-state index contributed by atoms with van der Waals surface area (Å²) >= 11 is 5.85. The normalized spacial score (nSPS) is 12.9. The summed E-state index contributed by atoms with van der Waals surface area (Å²) in [5, 5.41) is 18.9. The van der Waals surface area contributed by atoms with E-state index in [4.69, 9.17) is 21.9 Å². The Kier molecular flexibility index (Phi) is 5.64. The van der Waals surface area contributed by atoms with Crippen LogP contribution < -0.4 is 11.3 Å². The second kappa shape index (κ2) is 7.83. The van der Waals surface area contributed by atoms with E-state index in [-0.39, 0.29) is 24.4 Å². The van der Waals surface area contributed by atoms with Gasteiger partial charge in [-0.2, -0.15) is 10.1 Å². The van der Waals surface area contributed by atoms with Gasteiger partial charge in [-0.25, -0.2) is 4.68 Å². The first-order valence-corrected chi connectivity index (χ1v) is 9.14. The van der Waals surface area contributed by atoms with Gasteiger partial charge in [0.05, 0.1) is 12.3 Å². The summed E-state index contributed by atoms with van der Waals surface area (Å²) in [6.07, 6.45) is 0.960. The van der Waals surface area contributed by atoms with Crippen LogP contribution in [0.2, 0.25) is 5.02 Å². The van der Waals surface area contributed by atoms with Gasteiger partial charge < -0.3 is 15.4 Å². The summed E-state index contributed by atoms with van der Waals surface area (Å²) in [6.45, 7) is 5.38. The number of benzene rings is 1. The minimum absolute atomic E-state index is 0.0367. The number of aliphatic hydroxyl groups excluding tert-OH is 1. The molecule has 0 saturated carbocycles. The summed E-state index contributed by atoms with van der Waals surface area (Å²) in [7, 11) is 0. The molecule has 0 aliphatic rings. The van der Waals surface area contributed by atoms with Crippen LogP contribution in [-0.4, -0.2) is 25.0 Å². The van der Waals surface area contributed by atoms with Gasteiger partial charge in [-0.3, -0.25) is 4.79 Å². The number of hydrogen-bond donors (Lipinski definition) is 2. The number of rotatable bonds is 6. The van der Waals surface area contributed by atoms with Gasteiger partial charge >= 0.3 is 0 Å². The zero-order valence-electron chi connectivity index (χ0n) is 15.9. The van der Waals surface area contributed by atoms with Crippen LogP contribution in [0.25, 0.3) is 0 Å². The molecule has 3 rings (SSSR count). The van der Waals surface area contributed by atoms with Crippen molar-refractivity contribution in [1.82, 2.24) is 19.9 Å². The zero-order valence-corrected chi connectivity index (χ0v) is 16.6. The predicted octanol–water partition coefficient (Wildman–Crippen LogP) is 2.11. The van der Waals surface area contributed by atoms with Gasteiger partial charge in [0.2, 0.25) is 5.89 Å². The van der Waals surface area contributed by atoms with Crippen LogP contribution in [0.15, 0.2) is 39.8 Å². The van der Waals surface area contributed by atoms with Crippen molar-refractivity contribution in [2.24, 2.45) is 5.73 Å². The smallest absolute Gasteiger partial charge is 0.270 e. The largest absolute Gasteiger partial charge is 0.388 e. The standard InChI is InChI=1S/C19H22ClN5O3/c1-11-14(19(2,3)21)9-22-25(18(11)27)10-17-23-16(24-28-17)8-15(26)12-4-6-13(20)7-5-12/h4-7,9,15,26H,8,10,21H2,1-3H3/t15-/m0/s1. The monoisotopic (exact) mass is 403 g/mol. The van der Waals surface area contributed by atoms with Crippen LogP contribution in [0.3, 0.4) is 0 Å². The maximum atomic E-state index is 12.5. The van der Waals surface area contributed by atoms with Crippen LogP contribution in [0.1, 0.15) is 48.4 Å². The Hall–Kier alpha value is -2.55. The van der Waals surface area contributed by atoms with Gasteiger partial charge in [0.25, 0.3) is 5.56 Å². The van der Waals surface area contributed by atoms with Crippen molar-refractivity contribution in [2.75, 3.05) is 0 Å². The first-order chi connectivity index (χ1) is 13.1. The van der Waals surface area contributed by atoms with E-state index >= 15 is 0 Å². The van der Waals surface area contributed by atoms with Crippen molar-refractivity contribution in [3.63, 3.8) is 0 Å². The Bertz CT molecular complexity index is 1020. The molecule has 1 atom stereocenters. The summed E-state index contributed by atoms with van der Waals surface area (Å²) in [6, 6.07) is 6.88. The molecule has 0 radical (unpaired) electrons. The minimum atomic E-state index is -0.795. The number of nitrogens with zero attached hydrogens (tertiary/aromatic N) is 4. The lowest BCUT2D eigenvalue weighted by Gasteiger charge is -2.21. The van der Waals surface area contributed by atoms with Gasteiger partial charge in [0.15, 0.2) is 5.82 Å². The molecule has 0 saturated heterocycles. The molecular weight excluding hydrogens is 382 g/mol. The number of nitrogens with two attached hydrogens (primary N) is 1. The average molecular weight is 404 g/mol. The highest BCUT2D eigenvalue weighted by atomic mass is 35.5. The third kappa shape index (κ3) is 4.46. The molecule has 3 aromatic rings. The van der Waals surface area contributed by atoms with Gasteiger partial charge in [-0.15, -0.1) is 0 Å². The Morgan fingerprint density at radius 3 is 2.64 bits per heavy atom. The highest BCUT2D eigenvalue weighted by molar-refractivity contribution is 6.30. The van der Waals surface area contributed by atoms with Crippen molar-refractivity contribution in [3.8, 4) is 0 Å². The second-order valence-corrected chi connectivity index (χ2v) is 7.68. The molecule has 0 aliphatic heterocycles. The third-order valence-electron chi connectivity index (χ3n) is 4.41. The molecule has 3 N–H and O–H groups in total. The molecule has 0 amide bonds. The van der Waals surface area contributed by atoms with Crippen molar-refractivity contribution in [2.45, 2.75) is 45.4 Å². The van der Waals surface area contributed by atoms with Crippen molar-refractivity contribution >= 4 is 11.6 Å². The molecule has 1 aromatic carbocycles. The molecule has 148 valence electrons. The van der Waals surface area contributed by atoms with Gasteiger partial charge in [0.1, 0.15) is 6.54 Å². The predicted molar refractivity (Wildman–Crippen MR) is 104 cm³/mol. The first kappa shape index (κ1) is 20.2. The Morgan fingerprint density at radius 1 is 1.32 bits per heavy atom. The average Bonchev–Trinajstić information content (AvgIpc) is 3.05. The lowest BCUT2D eigenvalue weighted by molar-refractivity contribution is 0.174. The van der Waals surface area contributed by atoms with E-state index in [1.54, 1.807) is 37.4 Å². The van der Waals surface area contributed by atoms with Crippen LogP contribution in [0, 0.1) is 6.92 Å². The third-order valence-corrected chi connectivity index (χ3v) is 4.66. The van der Waals surface area contributed by atoms with E-state index in [1.165, 1.54) is 4.68 Å². The molecule has 2 aromatic heterocycles. The van der Waals surface area contributed by atoms with Gasteiger partial charge in [0, 0.05) is 22.5 Å². The molecule has 0 aliphatic carbocycles. The SMILES string of the molecule is Cc1c(C(C)(C)N)cnn(Cc2nc(C[C@H](O)c3ccc(Cl)cc3)no2)c1=O. The highest BCUT2D eigenvalue weighted by Gasteiger charge is 2.21. The minimum Gasteiger partial charge on any atom is -0.388 e. The molecule has 9 heteroatoms. The number of aromatic nitrogens is 4. The van der Waals surface area contributed by atoms with E-state index < -0.39 is 11.6 Å². The fraction of sp³-hybridized carbons (Fsp3) is 0.368. The van der Waals surface area contributed by atoms with Crippen molar-refractivity contribution < 1.29 is 9.63 Å². The number of aliphatic hydroxyl groups is 1. The molecule has 0 fully saturated rings. The molecule has 2 heterocycles. The van der Waals surface area contributed by atoms with E-state index in [2.05, 4.69) is 15.2 Å². The lowest BCUT2D eigenvalue weighted by atomic mass is 9.94. The summed E-state index contributed by atoms with van der Waals surface area (Å²) in [5.74, 6) is 0.564. The van der Waals surface area contributed by atoms with Crippen LogP contribution >= 0.6 is 11.6 Å². The quantitative estimate of drug-likeness (QED) is 0.646. The van der Waals surface area contributed by atoms with E-state index in [9.17, 15) is 9.90 Å². The summed E-state index contributed by atoms with van der Waals surface area (Å²) in [5.41, 5.74) is 7.06. The first-order valence-electron chi connectivity index (χ1n) is 8.76. The van der Waals surface area contributed by atoms with E-state index in [0.29, 0.717) is 27.5 Å². The van der Waals surface area contributed by atoms with Crippen molar-refractivity contribution in [3.05, 3.63) is 74.2 Å². The Morgan fingerprint density at radius 2 is 2.00 bits per heavy atom. The lowest BCUT2D eigenvalue weighted by Crippen LogP contribution is -2.35. The van der Waals surface area contributed by atoms with Crippen molar-refractivity contribution in [1.29, 1.82) is 0 Å². The number of halogens is 1. The molecule has 28 heavy (non-hydrogen) atoms. The summed E-state index contributed by atoms with van der Waals surface area (Å²) < 4.78 is 6.45. The highest BCUT2D eigenvalue weighted by Crippen LogP contribution is 2.20. The molecule has 0 bridgehead atoms. The van der Waals surface area contributed by atoms with E-state index in [0.717, 1.165) is 0 Å². The zero-order chi connectivity index (χ0) is 20.5. The molecule has 0 spiro atoms. The van der Waals surface area contributed by atoms with Crippen LogP contribution in [0.4, 0.5) is 0 Å². The Balaban J connectivity index is 1.74. The van der Waals surface area contributed by atoms with Crippen LogP contribution in [-0.2, 0) is 18.5 Å². The summed E-state index contributed by atoms with van der Waals surface area (Å²) in [4.78, 5) is 16.8. The molecule has 0 unspecified atom stereocenters. The fourth-order valence-electron chi connectivity index (χ4n) is 2.89. The maximum Gasteiger partial charge on any atom is 0.270 e.